The van der Waals surface area contributed by atoms with Crippen LogP contribution in [0.15, 0.2) is 29.2 Å². The van der Waals surface area contributed by atoms with Crippen molar-refractivity contribution in [3.05, 3.63) is 24.3 Å². The van der Waals surface area contributed by atoms with Crippen LogP contribution in [0.4, 0.5) is 0 Å². The van der Waals surface area contributed by atoms with Crippen molar-refractivity contribution in [1.82, 2.24) is 9.62 Å². The van der Waals surface area contributed by atoms with Crippen LogP contribution in [-0.2, 0) is 14.8 Å². The number of aromatic hydroxyl groups is 1. The molecule has 0 radical (unpaired) electrons. The second kappa shape index (κ2) is 5.80. The molecule has 1 fully saturated rings. The SMILES string of the molecule is CC(NS(=O)(=O)c1cccc(O)c1)C(=O)N1CCCC1. The second-order valence-corrected chi connectivity index (χ2v) is 6.59. The summed E-state index contributed by atoms with van der Waals surface area (Å²) in [5.74, 6) is -0.349. The van der Waals surface area contributed by atoms with E-state index in [2.05, 4.69) is 4.72 Å². The second-order valence-electron chi connectivity index (χ2n) is 4.87. The van der Waals surface area contributed by atoms with Crippen LogP contribution in [0.1, 0.15) is 19.8 Å². The van der Waals surface area contributed by atoms with Gasteiger partial charge in [-0.2, -0.15) is 4.72 Å². The molecular formula is C13H18N2O4S. The van der Waals surface area contributed by atoms with Crippen LogP contribution in [-0.4, -0.2) is 43.5 Å². The maximum atomic E-state index is 12.1. The number of sulfonamides is 1. The van der Waals surface area contributed by atoms with Gasteiger partial charge in [-0.3, -0.25) is 4.79 Å². The third-order valence-electron chi connectivity index (χ3n) is 3.25. The van der Waals surface area contributed by atoms with Crippen LogP contribution in [0.25, 0.3) is 0 Å². The van der Waals surface area contributed by atoms with Crippen LogP contribution in [0.3, 0.4) is 0 Å². The zero-order chi connectivity index (χ0) is 14.8. The molecule has 1 aliphatic heterocycles. The van der Waals surface area contributed by atoms with Gasteiger partial charge in [0.25, 0.3) is 0 Å². The van der Waals surface area contributed by atoms with Gasteiger partial charge in [-0.05, 0) is 38.0 Å². The molecule has 1 saturated heterocycles. The number of nitrogens with zero attached hydrogens (tertiary/aromatic N) is 1. The molecule has 1 aromatic carbocycles. The Kier molecular flexibility index (Phi) is 4.29. The van der Waals surface area contributed by atoms with Crippen molar-refractivity contribution in [1.29, 1.82) is 0 Å². The first-order chi connectivity index (χ1) is 9.40. The topological polar surface area (TPSA) is 86.7 Å². The van der Waals surface area contributed by atoms with E-state index < -0.39 is 16.1 Å². The van der Waals surface area contributed by atoms with Crippen molar-refractivity contribution in [2.75, 3.05) is 13.1 Å². The van der Waals surface area contributed by atoms with Crippen LogP contribution in [0, 0.1) is 0 Å². The molecule has 0 aliphatic carbocycles. The minimum absolute atomic E-state index is 0.0569. The number of hydrogen-bond donors (Lipinski definition) is 2. The van der Waals surface area contributed by atoms with Gasteiger partial charge < -0.3 is 10.0 Å². The summed E-state index contributed by atoms with van der Waals surface area (Å²) in [7, 11) is -3.81. The molecule has 0 spiro atoms. The number of benzene rings is 1. The zero-order valence-electron chi connectivity index (χ0n) is 11.2. The van der Waals surface area contributed by atoms with E-state index in [1.54, 1.807) is 4.90 Å². The summed E-state index contributed by atoms with van der Waals surface area (Å²) >= 11 is 0. The number of phenols is 1. The summed E-state index contributed by atoms with van der Waals surface area (Å²) in [6.45, 7) is 2.88. The van der Waals surface area contributed by atoms with Crippen LogP contribution in [0.5, 0.6) is 5.75 Å². The Morgan fingerprint density at radius 1 is 1.35 bits per heavy atom. The Labute approximate surface area is 118 Å². The lowest BCUT2D eigenvalue weighted by Crippen LogP contribution is -2.45. The molecule has 1 unspecified atom stereocenters. The number of hydrogen-bond acceptors (Lipinski definition) is 4. The van der Waals surface area contributed by atoms with Gasteiger partial charge in [0, 0.05) is 13.1 Å². The lowest BCUT2D eigenvalue weighted by molar-refractivity contribution is -0.131. The molecule has 6 nitrogen and oxygen atoms in total. The molecule has 2 rings (SSSR count). The summed E-state index contributed by atoms with van der Waals surface area (Å²) in [4.78, 5) is 13.7. The molecule has 110 valence electrons. The van der Waals surface area contributed by atoms with Crippen LogP contribution < -0.4 is 4.72 Å². The first-order valence-corrected chi connectivity index (χ1v) is 7.98. The van der Waals surface area contributed by atoms with E-state index in [0.29, 0.717) is 13.1 Å². The van der Waals surface area contributed by atoms with E-state index in [4.69, 9.17) is 0 Å². The fourth-order valence-electron chi connectivity index (χ4n) is 2.21. The molecule has 1 aromatic rings. The van der Waals surface area contributed by atoms with Gasteiger partial charge in [-0.15, -0.1) is 0 Å². The lowest BCUT2D eigenvalue weighted by atomic mass is 10.3. The molecule has 1 atom stereocenters. The van der Waals surface area contributed by atoms with Crippen molar-refractivity contribution in [2.24, 2.45) is 0 Å². The molecular weight excluding hydrogens is 280 g/mol. The highest BCUT2D eigenvalue weighted by atomic mass is 32.2. The normalized spacial score (nSPS) is 17.1. The first-order valence-electron chi connectivity index (χ1n) is 6.50. The van der Waals surface area contributed by atoms with Gasteiger partial charge >= 0.3 is 0 Å². The summed E-state index contributed by atoms with van der Waals surface area (Å²) in [6.07, 6.45) is 1.91. The molecule has 1 heterocycles. The highest BCUT2D eigenvalue weighted by Crippen LogP contribution is 2.16. The van der Waals surface area contributed by atoms with Gasteiger partial charge in [0.2, 0.25) is 15.9 Å². The smallest absolute Gasteiger partial charge is 0.241 e. The van der Waals surface area contributed by atoms with Crippen molar-refractivity contribution in [2.45, 2.75) is 30.7 Å². The van der Waals surface area contributed by atoms with Gasteiger partial charge in [-0.1, -0.05) is 6.07 Å². The Hall–Kier alpha value is -1.60. The largest absolute Gasteiger partial charge is 0.508 e. The minimum Gasteiger partial charge on any atom is -0.508 e. The number of likely N-dealkylation sites (tertiary alicyclic amines) is 1. The molecule has 0 bridgehead atoms. The van der Waals surface area contributed by atoms with Gasteiger partial charge in [0.15, 0.2) is 0 Å². The van der Waals surface area contributed by atoms with Crippen molar-refractivity contribution < 1.29 is 18.3 Å². The molecule has 20 heavy (non-hydrogen) atoms. The fraction of sp³-hybridized carbons (Fsp3) is 0.462. The number of nitrogens with one attached hydrogen (secondary N) is 1. The number of carbonyl (C=O) groups excluding carboxylic acids is 1. The fourth-order valence-corrected chi connectivity index (χ4v) is 3.45. The monoisotopic (exact) mass is 298 g/mol. The van der Waals surface area contributed by atoms with Gasteiger partial charge in [0.1, 0.15) is 5.75 Å². The third kappa shape index (κ3) is 3.29. The van der Waals surface area contributed by atoms with Crippen LogP contribution >= 0.6 is 0 Å². The van der Waals surface area contributed by atoms with Crippen molar-refractivity contribution in [3.8, 4) is 5.75 Å². The van der Waals surface area contributed by atoms with Gasteiger partial charge in [0.05, 0.1) is 10.9 Å². The molecule has 2 N–H and O–H groups in total. The molecule has 0 saturated carbocycles. The summed E-state index contributed by atoms with van der Waals surface area (Å²) in [5, 5.41) is 9.32. The predicted octanol–water partition coefficient (Wildman–Crippen LogP) is 0.681. The standard InChI is InChI=1S/C13H18N2O4S/c1-10(13(17)15-7-2-3-8-15)14-20(18,19)12-6-4-5-11(16)9-12/h4-6,9-10,14,16H,2-3,7-8H2,1H3. The summed E-state index contributed by atoms with van der Waals surface area (Å²) < 4.78 is 26.6. The Bertz CT molecular complexity index is 594. The molecule has 1 amide bonds. The Morgan fingerprint density at radius 3 is 2.60 bits per heavy atom. The highest BCUT2D eigenvalue weighted by molar-refractivity contribution is 7.89. The molecule has 1 aliphatic rings. The molecule has 7 heteroatoms. The Morgan fingerprint density at radius 2 is 2.00 bits per heavy atom. The Balaban J connectivity index is 2.09. The third-order valence-corrected chi connectivity index (χ3v) is 4.79. The lowest BCUT2D eigenvalue weighted by Gasteiger charge is -2.21. The number of phenolic OH excluding ortho intramolecular Hbond substituents is 1. The maximum Gasteiger partial charge on any atom is 0.241 e. The van der Waals surface area contributed by atoms with E-state index in [0.717, 1.165) is 18.9 Å². The van der Waals surface area contributed by atoms with Gasteiger partial charge in [-0.25, -0.2) is 8.42 Å². The average molecular weight is 298 g/mol. The van der Waals surface area contributed by atoms with E-state index in [1.165, 1.54) is 25.1 Å². The highest BCUT2D eigenvalue weighted by Gasteiger charge is 2.27. The predicted molar refractivity (Wildman–Crippen MR) is 73.7 cm³/mol. The van der Waals surface area contributed by atoms with E-state index in [1.807, 2.05) is 0 Å². The number of amides is 1. The summed E-state index contributed by atoms with van der Waals surface area (Å²) in [6, 6.07) is 4.53. The molecule has 0 aromatic heterocycles. The van der Waals surface area contributed by atoms with E-state index >= 15 is 0 Å². The zero-order valence-corrected chi connectivity index (χ0v) is 12.1. The minimum atomic E-state index is -3.81. The quantitative estimate of drug-likeness (QED) is 0.856. The van der Waals surface area contributed by atoms with E-state index in [9.17, 15) is 18.3 Å². The van der Waals surface area contributed by atoms with Crippen molar-refractivity contribution in [3.63, 3.8) is 0 Å². The van der Waals surface area contributed by atoms with Crippen LogP contribution in [0.2, 0.25) is 0 Å². The first kappa shape index (κ1) is 14.8. The van der Waals surface area contributed by atoms with E-state index in [-0.39, 0.29) is 16.6 Å². The summed E-state index contributed by atoms with van der Waals surface area (Å²) in [5.41, 5.74) is 0. The average Bonchev–Trinajstić information content (AvgIpc) is 2.91. The number of carbonyl (C=O) groups is 1. The maximum absolute atomic E-state index is 12.1. The van der Waals surface area contributed by atoms with Crippen molar-refractivity contribution >= 4 is 15.9 Å². The number of rotatable bonds is 4.